The molecule has 2 aromatic rings. The smallest absolute Gasteiger partial charge is 0.338 e. The Hall–Kier alpha value is -2.21. The molecular formula is C17H17NO4S. The van der Waals surface area contributed by atoms with Crippen LogP contribution in [0.25, 0.3) is 0 Å². The third-order valence-electron chi connectivity index (χ3n) is 3.23. The van der Waals surface area contributed by atoms with Crippen LogP contribution < -0.4 is 9.47 Å². The molecule has 23 heavy (non-hydrogen) atoms. The summed E-state index contributed by atoms with van der Waals surface area (Å²) < 4.78 is 16.6. The Labute approximate surface area is 139 Å². The first kappa shape index (κ1) is 15.7. The van der Waals surface area contributed by atoms with Crippen molar-refractivity contribution in [3.05, 3.63) is 48.2 Å². The highest BCUT2D eigenvalue weighted by molar-refractivity contribution is 7.99. The second-order valence-corrected chi connectivity index (χ2v) is 5.95. The molecule has 1 aromatic heterocycles. The molecule has 0 fully saturated rings. The molecule has 1 aromatic carbocycles. The minimum absolute atomic E-state index is 0.0528. The van der Waals surface area contributed by atoms with Gasteiger partial charge in [-0.3, -0.25) is 0 Å². The van der Waals surface area contributed by atoms with Gasteiger partial charge in [-0.05, 0) is 37.3 Å². The van der Waals surface area contributed by atoms with E-state index in [1.54, 1.807) is 43.1 Å². The third kappa shape index (κ3) is 3.96. The summed E-state index contributed by atoms with van der Waals surface area (Å²) >= 11 is 1.63. The monoisotopic (exact) mass is 331 g/mol. The van der Waals surface area contributed by atoms with E-state index in [4.69, 9.17) is 14.2 Å². The Morgan fingerprint density at radius 2 is 2.26 bits per heavy atom. The average molecular weight is 331 g/mol. The Morgan fingerprint density at radius 3 is 3.04 bits per heavy atom. The standard InChI is InChI=1S/C17H17NO4S/c1-2-20-17(19)12-6-7-14-15(9-12)21-10-13(22-14)11-23-16-5-3-4-8-18-16/h3-9,13H,2,10-11H2,1H3. The molecule has 1 aliphatic heterocycles. The topological polar surface area (TPSA) is 57.7 Å². The first-order valence-electron chi connectivity index (χ1n) is 7.40. The Kier molecular flexibility index (Phi) is 5.02. The lowest BCUT2D eigenvalue weighted by Gasteiger charge is -2.26. The van der Waals surface area contributed by atoms with Crippen molar-refractivity contribution in [1.82, 2.24) is 4.98 Å². The quantitative estimate of drug-likeness (QED) is 0.619. The zero-order chi connectivity index (χ0) is 16.1. The van der Waals surface area contributed by atoms with E-state index in [2.05, 4.69) is 4.98 Å². The second-order valence-electron chi connectivity index (χ2n) is 4.91. The number of hydrogen-bond acceptors (Lipinski definition) is 6. The zero-order valence-corrected chi connectivity index (χ0v) is 13.5. The number of nitrogens with zero attached hydrogens (tertiary/aromatic N) is 1. The van der Waals surface area contributed by atoms with E-state index in [1.807, 2.05) is 18.2 Å². The molecule has 1 unspecified atom stereocenters. The normalized spacial score (nSPS) is 16.0. The van der Waals surface area contributed by atoms with Gasteiger partial charge in [-0.25, -0.2) is 9.78 Å². The molecule has 0 saturated carbocycles. The molecule has 0 bridgehead atoms. The van der Waals surface area contributed by atoms with Gasteiger partial charge >= 0.3 is 5.97 Å². The maximum absolute atomic E-state index is 11.7. The molecule has 0 aliphatic carbocycles. The van der Waals surface area contributed by atoms with E-state index in [0.29, 0.717) is 30.3 Å². The van der Waals surface area contributed by atoms with Gasteiger partial charge in [0, 0.05) is 11.9 Å². The van der Waals surface area contributed by atoms with E-state index in [-0.39, 0.29) is 12.1 Å². The average Bonchev–Trinajstić information content (AvgIpc) is 2.60. The number of pyridine rings is 1. The van der Waals surface area contributed by atoms with E-state index >= 15 is 0 Å². The number of rotatable bonds is 5. The van der Waals surface area contributed by atoms with Crippen LogP contribution in [0.3, 0.4) is 0 Å². The fourth-order valence-corrected chi connectivity index (χ4v) is 2.98. The third-order valence-corrected chi connectivity index (χ3v) is 4.30. The van der Waals surface area contributed by atoms with Crippen molar-refractivity contribution in [1.29, 1.82) is 0 Å². The zero-order valence-electron chi connectivity index (χ0n) is 12.7. The molecular weight excluding hydrogens is 314 g/mol. The summed E-state index contributed by atoms with van der Waals surface area (Å²) in [6.45, 7) is 2.57. The van der Waals surface area contributed by atoms with Crippen LogP contribution in [-0.2, 0) is 4.74 Å². The van der Waals surface area contributed by atoms with Crippen LogP contribution in [0.5, 0.6) is 11.5 Å². The molecule has 3 rings (SSSR count). The fourth-order valence-electron chi connectivity index (χ4n) is 2.15. The van der Waals surface area contributed by atoms with E-state index in [9.17, 15) is 4.79 Å². The first-order valence-corrected chi connectivity index (χ1v) is 8.39. The minimum atomic E-state index is -0.355. The number of thioether (sulfide) groups is 1. The highest BCUT2D eigenvalue weighted by atomic mass is 32.2. The molecule has 0 N–H and O–H groups in total. The minimum Gasteiger partial charge on any atom is -0.486 e. The lowest BCUT2D eigenvalue weighted by atomic mass is 10.2. The van der Waals surface area contributed by atoms with Crippen LogP contribution in [-0.4, -0.2) is 36.0 Å². The van der Waals surface area contributed by atoms with Gasteiger partial charge in [-0.1, -0.05) is 6.07 Å². The van der Waals surface area contributed by atoms with Crippen LogP contribution in [0.4, 0.5) is 0 Å². The maximum atomic E-state index is 11.7. The number of hydrogen-bond donors (Lipinski definition) is 0. The predicted octanol–water partition coefficient (Wildman–Crippen LogP) is 3.19. The van der Waals surface area contributed by atoms with Crippen molar-refractivity contribution in [2.24, 2.45) is 0 Å². The molecule has 5 nitrogen and oxygen atoms in total. The maximum Gasteiger partial charge on any atom is 0.338 e. The van der Waals surface area contributed by atoms with Gasteiger partial charge in [-0.2, -0.15) is 0 Å². The van der Waals surface area contributed by atoms with Crippen molar-refractivity contribution in [3.8, 4) is 11.5 Å². The number of carbonyl (C=O) groups excluding carboxylic acids is 1. The van der Waals surface area contributed by atoms with Crippen LogP contribution in [0, 0.1) is 0 Å². The summed E-state index contributed by atoms with van der Waals surface area (Å²) in [5, 5.41) is 0.958. The van der Waals surface area contributed by atoms with Gasteiger partial charge in [0.15, 0.2) is 11.5 Å². The van der Waals surface area contributed by atoms with Crippen LogP contribution in [0.15, 0.2) is 47.6 Å². The molecule has 1 aliphatic rings. The first-order chi connectivity index (χ1) is 11.3. The number of carbonyl (C=O) groups is 1. The summed E-state index contributed by atoms with van der Waals surface area (Å²) in [6.07, 6.45) is 1.72. The van der Waals surface area contributed by atoms with E-state index in [0.717, 1.165) is 10.8 Å². The fraction of sp³-hybridized carbons (Fsp3) is 0.294. The highest BCUT2D eigenvalue weighted by Gasteiger charge is 2.22. The van der Waals surface area contributed by atoms with Gasteiger partial charge in [0.2, 0.25) is 0 Å². The largest absolute Gasteiger partial charge is 0.486 e. The molecule has 0 spiro atoms. The van der Waals surface area contributed by atoms with E-state index < -0.39 is 0 Å². The lowest BCUT2D eigenvalue weighted by molar-refractivity contribution is 0.0524. The summed E-state index contributed by atoms with van der Waals surface area (Å²) in [7, 11) is 0. The summed E-state index contributed by atoms with van der Waals surface area (Å²) in [5.74, 6) is 1.62. The van der Waals surface area contributed by atoms with Gasteiger partial charge < -0.3 is 14.2 Å². The van der Waals surface area contributed by atoms with Gasteiger partial charge in [0.05, 0.1) is 17.2 Å². The molecule has 120 valence electrons. The van der Waals surface area contributed by atoms with Crippen molar-refractivity contribution >= 4 is 17.7 Å². The summed E-state index contributed by atoms with van der Waals surface area (Å²) in [4.78, 5) is 16.0. The summed E-state index contributed by atoms with van der Waals surface area (Å²) in [5.41, 5.74) is 0.468. The lowest BCUT2D eigenvalue weighted by Crippen LogP contribution is -2.31. The SMILES string of the molecule is CCOC(=O)c1ccc2c(c1)OCC(CSc1ccccn1)O2. The molecule has 0 saturated heterocycles. The second kappa shape index (κ2) is 7.37. The number of aromatic nitrogens is 1. The predicted molar refractivity (Wildman–Crippen MR) is 87.3 cm³/mol. The van der Waals surface area contributed by atoms with Crippen LogP contribution in [0.1, 0.15) is 17.3 Å². The van der Waals surface area contributed by atoms with Crippen LogP contribution >= 0.6 is 11.8 Å². The molecule has 2 heterocycles. The van der Waals surface area contributed by atoms with Gasteiger partial charge in [-0.15, -0.1) is 11.8 Å². The van der Waals surface area contributed by atoms with Crippen molar-refractivity contribution in [2.75, 3.05) is 19.0 Å². The van der Waals surface area contributed by atoms with Gasteiger partial charge in [0.1, 0.15) is 12.7 Å². The van der Waals surface area contributed by atoms with Gasteiger partial charge in [0.25, 0.3) is 0 Å². The molecule has 0 radical (unpaired) electrons. The highest BCUT2D eigenvalue weighted by Crippen LogP contribution is 2.34. The van der Waals surface area contributed by atoms with Crippen molar-refractivity contribution < 1.29 is 19.0 Å². The number of benzene rings is 1. The molecule has 1 atom stereocenters. The molecule has 0 amide bonds. The Morgan fingerprint density at radius 1 is 1.35 bits per heavy atom. The van der Waals surface area contributed by atoms with Crippen molar-refractivity contribution in [2.45, 2.75) is 18.1 Å². The van der Waals surface area contributed by atoms with Crippen molar-refractivity contribution in [3.63, 3.8) is 0 Å². The number of ether oxygens (including phenoxy) is 3. The summed E-state index contributed by atoms with van der Waals surface area (Å²) in [6, 6.07) is 10.9. The van der Waals surface area contributed by atoms with Crippen LogP contribution in [0.2, 0.25) is 0 Å². The molecule has 6 heteroatoms. The van der Waals surface area contributed by atoms with E-state index in [1.165, 1.54) is 0 Å². The number of esters is 1. The Balaban J connectivity index is 1.61. The Bertz CT molecular complexity index is 678. The number of fused-ring (bicyclic) bond motifs is 1.